The number of anilines is 1. The summed E-state index contributed by atoms with van der Waals surface area (Å²) in [7, 11) is -3.57. The molecule has 0 atom stereocenters. The molecule has 0 saturated heterocycles. The van der Waals surface area contributed by atoms with Crippen LogP contribution in [0.5, 0.6) is 11.5 Å². The summed E-state index contributed by atoms with van der Waals surface area (Å²) in [5, 5.41) is 2.66. The summed E-state index contributed by atoms with van der Waals surface area (Å²) in [6, 6.07) is 10.2. The minimum atomic E-state index is -3.57. The van der Waals surface area contributed by atoms with Crippen LogP contribution in [0.1, 0.15) is 5.69 Å². The van der Waals surface area contributed by atoms with Gasteiger partial charge in [0.1, 0.15) is 0 Å². The highest BCUT2D eigenvalue weighted by Crippen LogP contribution is 2.34. The predicted octanol–water partition coefficient (Wildman–Crippen LogP) is 1.21. The summed E-state index contributed by atoms with van der Waals surface area (Å²) in [6.45, 7) is -0.156. The van der Waals surface area contributed by atoms with Crippen molar-refractivity contribution in [2.24, 2.45) is 0 Å². The van der Waals surface area contributed by atoms with Crippen LogP contribution in [0.4, 0.5) is 5.69 Å². The molecule has 1 aromatic heterocycles. The van der Waals surface area contributed by atoms with Crippen molar-refractivity contribution in [3.8, 4) is 11.5 Å². The first-order valence-corrected chi connectivity index (χ1v) is 9.31. The average Bonchev–Trinajstić information content (AvgIpc) is 3.02. The Morgan fingerprint density at radius 1 is 1.24 bits per heavy atom. The minimum absolute atomic E-state index is 0.0221. The fourth-order valence-electron chi connectivity index (χ4n) is 2.30. The van der Waals surface area contributed by atoms with Gasteiger partial charge in [0.25, 0.3) is 0 Å². The Bertz CT molecular complexity index is 871. The Kier molecular flexibility index (Phi) is 4.86. The van der Waals surface area contributed by atoms with Crippen molar-refractivity contribution in [3.05, 3.63) is 48.3 Å². The Labute approximate surface area is 145 Å². The summed E-state index contributed by atoms with van der Waals surface area (Å²) < 4.78 is 35.4. The number of rotatable bonds is 6. The van der Waals surface area contributed by atoms with E-state index in [0.717, 1.165) is 10.6 Å². The minimum Gasteiger partial charge on any atom is -0.454 e. The molecular formula is C16H17N3O5S. The zero-order valence-corrected chi connectivity index (χ0v) is 14.3. The number of nitrogens with zero attached hydrogens (tertiary/aromatic N) is 2. The number of benzene rings is 1. The summed E-state index contributed by atoms with van der Waals surface area (Å²) in [6.07, 6.45) is 2.63. The van der Waals surface area contributed by atoms with Gasteiger partial charge in [0.2, 0.25) is 22.7 Å². The molecular weight excluding hydrogens is 346 g/mol. The van der Waals surface area contributed by atoms with Crippen LogP contribution in [0.15, 0.2) is 42.6 Å². The number of ether oxygens (including phenoxy) is 2. The van der Waals surface area contributed by atoms with Crippen molar-refractivity contribution in [2.45, 2.75) is 6.54 Å². The first-order valence-electron chi connectivity index (χ1n) is 7.46. The number of nitrogens with one attached hydrogen (secondary N) is 1. The van der Waals surface area contributed by atoms with E-state index in [2.05, 4.69) is 10.3 Å². The maximum Gasteiger partial charge on any atom is 0.239 e. The lowest BCUT2D eigenvalue weighted by atomic mass is 10.2. The van der Waals surface area contributed by atoms with Crippen LogP contribution in [0, 0.1) is 0 Å². The molecule has 1 amide bonds. The number of sulfonamides is 1. The molecule has 0 saturated carbocycles. The molecule has 1 aliphatic rings. The molecule has 0 aliphatic carbocycles. The van der Waals surface area contributed by atoms with Gasteiger partial charge in [0.05, 0.1) is 25.0 Å². The van der Waals surface area contributed by atoms with Crippen molar-refractivity contribution in [3.63, 3.8) is 0 Å². The van der Waals surface area contributed by atoms with Gasteiger partial charge >= 0.3 is 0 Å². The monoisotopic (exact) mass is 363 g/mol. The molecule has 3 rings (SSSR count). The molecule has 9 heteroatoms. The quantitative estimate of drug-likeness (QED) is 0.828. The summed E-state index contributed by atoms with van der Waals surface area (Å²) in [4.78, 5) is 16.3. The van der Waals surface area contributed by atoms with Crippen molar-refractivity contribution >= 4 is 21.6 Å². The number of fused-ring (bicyclic) bond motifs is 1. The van der Waals surface area contributed by atoms with E-state index in [0.29, 0.717) is 22.9 Å². The molecule has 2 aromatic rings. The highest BCUT2D eigenvalue weighted by Gasteiger charge is 2.21. The molecule has 1 aliphatic heterocycles. The number of carbonyl (C=O) groups excluding carboxylic acids is 1. The molecule has 0 radical (unpaired) electrons. The SMILES string of the molecule is CS(=O)(=O)N(CC(=O)Nc1ccc2c(c1)OCO2)Cc1ccccn1. The van der Waals surface area contributed by atoms with Gasteiger partial charge in [-0.1, -0.05) is 6.07 Å². The Morgan fingerprint density at radius 3 is 2.76 bits per heavy atom. The zero-order valence-electron chi connectivity index (χ0n) is 13.5. The van der Waals surface area contributed by atoms with Gasteiger partial charge in [-0.2, -0.15) is 4.31 Å². The molecule has 1 aromatic carbocycles. The van der Waals surface area contributed by atoms with Gasteiger partial charge in [0.15, 0.2) is 11.5 Å². The normalized spacial score (nSPS) is 13.0. The van der Waals surface area contributed by atoms with E-state index < -0.39 is 15.9 Å². The van der Waals surface area contributed by atoms with E-state index in [1.165, 1.54) is 0 Å². The lowest BCUT2D eigenvalue weighted by molar-refractivity contribution is -0.116. The third-order valence-electron chi connectivity index (χ3n) is 3.51. The lowest BCUT2D eigenvalue weighted by Crippen LogP contribution is -2.37. The topological polar surface area (TPSA) is 97.8 Å². The fraction of sp³-hybridized carbons (Fsp3) is 0.250. The number of pyridine rings is 1. The molecule has 132 valence electrons. The van der Waals surface area contributed by atoms with Crippen LogP contribution in [-0.2, 0) is 21.4 Å². The number of carbonyl (C=O) groups is 1. The van der Waals surface area contributed by atoms with E-state index in [9.17, 15) is 13.2 Å². The predicted molar refractivity (Wildman–Crippen MR) is 90.7 cm³/mol. The maximum absolute atomic E-state index is 12.3. The summed E-state index contributed by atoms with van der Waals surface area (Å²) in [5.74, 6) is 0.678. The molecule has 25 heavy (non-hydrogen) atoms. The maximum atomic E-state index is 12.3. The van der Waals surface area contributed by atoms with Crippen molar-refractivity contribution in [2.75, 3.05) is 24.9 Å². The Hall–Kier alpha value is -2.65. The number of amides is 1. The Morgan fingerprint density at radius 2 is 2.04 bits per heavy atom. The largest absolute Gasteiger partial charge is 0.454 e. The van der Waals surface area contributed by atoms with Gasteiger partial charge in [-0.25, -0.2) is 8.42 Å². The number of hydrogen-bond acceptors (Lipinski definition) is 6. The van der Waals surface area contributed by atoms with E-state index in [1.54, 1.807) is 42.6 Å². The van der Waals surface area contributed by atoms with Crippen molar-refractivity contribution < 1.29 is 22.7 Å². The van der Waals surface area contributed by atoms with E-state index in [1.807, 2.05) is 0 Å². The third kappa shape index (κ3) is 4.46. The van der Waals surface area contributed by atoms with Crippen LogP contribution in [0.25, 0.3) is 0 Å². The van der Waals surface area contributed by atoms with Crippen LogP contribution < -0.4 is 14.8 Å². The van der Waals surface area contributed by atoms with E-state index in [-0.39, 0.29) is 19.9 Å². The second-order valence-electron chi connectivity index (χ2n) is 5.47. The summed E-state index contributed by atoms with van der Waals surface area (Å²) >= 11 is 0. The second kappa shape index (κ2) is 7.08. The highest BCUT2D eigenvalue weighted by atomic mass is 32.2. The average molecular weight is 363 g/mol. The van der Waals surface area contributed by atoms with E-state index >= 15 is 0 Å². The molecule has 0 fully saturated rings. The molecule has 0 spiro atoms. The van der Waals surface area contributed by atoms with Gasteiger partial charge < -0.3 is 14.8 Å². The van der Waals surface area contributed by atoms with Gasteiger partial charge in [0, 0.05) is 18.0 Å². The van der Waals surface area contributed by atoms with Gasteiger partial charge in [-0.05, 0) is 24.3 Å². The standard InChI is InChI=1S/C16H17N3O5S/c1-25(21,22)19(9-13-4-2-3-7-17-13)10-16(20)18-12-5-6-14-15(8-12)24-11-23-14/h2-8H,9-11H2,1H3,(H,18,20). The number of aromatic nitrogens is 1. The summed E-state index contributed by atoms with van der Waals surface area (Å²) in [5.41, 5.74) is 1.06. The Balaban J connectivity index is 1.68. The molecule has 8 nitrogen and oxygen atoms in total. The van der Waals surface area contributed by atoms with Crippen LogP contribution in [0.3, 0.4) is 0 Å². The molecule has 2 heterocycles. The van der Waals surface area contributed by atoms with Gasteiger partial charge in [-0.15, -0.1) is 0 Å². The van der Waals surface area contributed by atoms with Crippen molar-refractivity contribution in [1.82, 2.24) is 9.29 Å². The molecule has 1 N–H and O–H groups in total. The van der Waals surface area contributed by atoms with Gasteiger partial charge in [-0.3, -0.25) is 9.78 Å². The van der Waals surface area contributed by atoms with Crippen LogP contribution >= 0.6 is 0 Å². The zero-order chi connectivity index (χ0) is 17.9. The first kappa shape index (κ1) is 17.2. The number of hydrogen-bond donors (Lipinski definition) is 1. The first-order chi connectivity index (χ1) is 11.9. The smallest absolute Gasteiger partial charge is 0.239 e. The highest BCUT2D eigenvalue weighted by molar-refractivity contribution is 7.88. The van der Waals surface area contributed by atoms with Crippen LogP contribution in [0.2, 0.25) is 0 Å². The molecule has 0 bridgehead atoms. The lowest BCUT2D eigenvalue weighted by Gasteiger charge is -2.19. The molecule has 0 unspecified atom stereocenters. The third-order valence-corrected chi connectivity index (χ3v) is 4.71. The van der Waals surface area contributed by atoms with Crippen molar-refractivity contribution in [1.29, 1.82) is 0 Å². The van der Waals surface area contributed by atoms with E-state index in [4.69, 9.17) is 9.47 Å². The fourth-order valence-corrected chi connectivity index (χ4v) is 3.02. The van der Waals surface area contributed by atoms with Crippen LogP contribution in [-0.4, -0.2) is 43.2 Å². The second-order valence-corrected chi connectivity index (χ2v) is 7.45.